The van der Waals surface area contributed by atoms with E-state index in [0.717, 1.165) is 0 Å². The highest BCUT2D eigenvalue weighted by Crippen LogP contribution is 2.33. The number of methoxy groups -OCH3 is 2. The van der Waals surface area contributed by atoms with Crippen LogP contribution in [0.3, 0.4) is 0 Å². The molecule has 0 saturated carbocycles. The van der Waals surface area contributed by atoms with Crippen LogP contribution in [0.5, 0.6) is 11.5 Å². The highest BCUT2D eigenvalue weighted by atomic mass is 19.1. The minimum absolute atomic E-state index is 0.113. The average Bonchev–Trinajstić information content (AvgIpc) is 3.01. The van der Waals surface area contributed by atoms with Crippen LogP contribution in [0.2, 0.25) is 0 Å². The SMILES string of the molecule is COc1ccc(N2C[C@@H](NC(=O)Nc3cccc(F)c3)CC2=O)cc1OC. The molecule has 2 N–H and O–H groups in total. The Bertz CT molecular complexity index is 859. The summed E-state index contributed by atoms with van der Waals surface area (Å²) in [6, 6.07) is 9.93. The first-order chi connectivity index (χ1) is 13.0. The van der Waals surface area contributed by atoms with Crippen LogP contribution in [0.15, 0.2) is 42.5 Å². The van der Waals surface area contributed by atoms with Gasteiger partial charge in [-0.25, -0.2) is 9.18 Å². The second-order valence-electron chi connectivity index (χ2n) is 6.05. The molecule has 0 unspecified atom stereocenters. The van der Waals surface area contributed by atoms with Gasteiger partial charge in [-0.3, -0.25) is 4.79 Å². The summed E-state index contributed by atoms with van der Waals surface area (Å²) in [5, 5.41) is 5.29. The molecule has 1 saturated heterocycles. The Balaban J connectivity index is 1.64. The highest BCUT2D eigenvalue weighted by molar-refractivity contribution is 5.98. The Morgan fingerprint density at radius 3 is 2.63 bits per heavy atom. The first-order valence-corrected chi connectivity index (χ1v) is 8.35. The lowest BCUT2D eigenvalue weighted by atomic mass is 10.2. The smallest absolute Gasteiger partial charge is 0.319 e. The van der Waals surface area contributed by atoms with Crippen LogP contribution in [0.25, 0.3) is 0 Å². The zero-order valence-electron chi connectivity index (χ0n) is 15.0. The second kappa shape index (κ2) is 7.94. The van der Waals surface area contributed by atoms with Crippen LogP contribution in [0, 0.1) is 5.82 Å². The van der Waals surface area contributed by atoms with Crippen molar-refractivity contribution in [1.82, 2.24) is 5.32 Å². The minimum atomic E-state index is -0.493. The highest BCUT2D eigenvalue weighted by Gasteiger charge is 2.32. The summed E-state index contributed by atoms with van der Waals surface area (Å²) >= 11 is 0. The summed E-state index contributed by atoms with van der Waals surface area (Å²) in [5.41, 5.74) is 1.00. The molecule has 1 atom stereocenters. The van der Waals surface area contributed by atoms with Gasteiger partial charge in [-0.05, 0) is 30.3 Å². The number of halogens is 1. The maximum absolute atomic E-state index is 13.2. The minimum Gasteiger partial charge on any atom is -0.493 e. The molecule has 0 spiro atoms. The van der Waals surface area contributed by atoms with E-state index in [9.17, 15) is 14.0 Å². The number of ether oxygens (including phenoxy) is 2. The van der Waals surface area contributed by atoms with Crippen LogP contribution in [0.4, 0.5) is 20.6 Å². The van der Waals surface area contributed by atoms with Crippen molar-refractivity contribution < 1.29 is 23.5 Å². The van der Waals surface area contributed by atoms with Crippen molar-refractivity contribution in [1.29, 1.82) is 0 Å². The summed E-state index contributed by atoms with van der Waals surface area (Å²) in [4.78, 5) is 26.0. The van der Waals surface area contributed by atoms with E-state index in [1.807, 2.05) is 0 Å². The summed E-state index contributed by atoms with van der Waals surface area (Å²) in [6.45, 7) is 0.324. The quantitative estimate of drug-likeness (QED) is 0.845. The van der Waals surface area contributed by atoms with Crippen molar-refractivity contribution in [2.45, 2.75) is 12.5 Å². The number of nitrogens with one attached hydrogen (secondary N) is 2. The zero-order chi connectivity index (χ0) is 19.4. The third-order valence-electron chi connectivity index (χ3n) is 4.22. The predicted octanol–water partition coefficient (Wildman–Crippen LogP) is 2.77. The van der Waals surface area contributed by atoms with E-state index in [1.54, 1.807) is 29.2 Å². The van der Waals surface area contributed by atoms with Gasteiger partial charge >= 0.3 is 6.03 Å². The van der Waals surface area contributed by atoms with Gasteiger partial charge in [0.25, 0.3) is 0 Å². The standard InChI is InChI=1S/C19H20FN3O4/c1-26-16-7-6-15(10-17(16)27-2)23-11-14(9-18(23)24)22-19(25)21-13-5-3-4-12(20)8-13/h3-8,10,14H,9,11H2,1-2H3,(H2,21,22,25)/t14-/m0/s1. The molecule has 1 aliphatic rings. The Kier molecular flexibility index (Phi) is 5.44. The molecule has 7 nitrogen and oxygen atoms in total. The topological polar surface area (TPSA) is 79.9 Å². The summed E-state index contributed by atoms with van der Waals surface area (Å²) in [6.07, 6.45) is 0.172. The molecule has 142 valence electrons. The number of hydrogen-bond donors (Lipinski definition) is 2. The van der Waals surface area contributed by atoms with Crippen LogP contribution >= 0.6 is 0 Å². The lowest BCUT2D eigenvalue weighted by Crippen LogP contribution is -2.39. The number of benzene rings is 2. The largest absolute Gasteiger partial charge is 0.493 e. The first-order valence-electron chi connectivity index (χ1n) is 8.35. The van der Waals surface area contributed by atoms with Crippen LogP contribution in [0.1, 0.15) is 6.42 Å². The fraction of sp³-hybridized carbons (Fsp3) is 0.263. The first kappa shape index (κ1) is 18.5. The van der Waals surface area contributed by atoms with E-state index in [0.29, 0.717) is 29.4 Å². The van der Waals surface area contributed by atoms with Crippen LogP contribution in [-0.4, -0.2) is 38.7 Å². The molecular weight excluding hydrogens is 353 g/mol. The Labute approximate surface area is 156 Å². The molecular formula is C19H20FN3O4. The maximum atomic E-state index is 13.2. The van der Waals surface area contributed by atoms with Crippen molar-refractivity contribution in [3.05, 3.63) is 48.3 Å². The number of hydrogen-bond acceptors (Lipinski definition) is 4. The fourth-order valence-electron chi connectivity index (χ4n) is 2.97. The number of anilines is 2. The van der Waals surface area contributed by atoms with Crippen LogP contribution in [-0.2, 0) is 4.79 Å². The van der Waals surface area contributed by atoms with E-state index in [2.05, 4.69) is 10.6 Å². The van der Waals surface area contributed by atoms with Crippen molar-refractivity contribution in [2.24, 2.45) is 0 Å². The van der Waals surface area contributed by atoms with E-state index in [-0.39, 0.29) is 18.4 Å². The summed E-state index contributed by atoms with van der Waals surface area (Å²) in [7, 11) is 3.06. The molecule has 2 aromatic carbocycles. The zero-order valence-corrected chi connectivity index (χ0v) is 15.0. The Hall–Kier alpha value is -3.29. The maximum Gasteiger partial charge on any atom is 0.319 e. The number of carbonyl (C=O) groups excluding carboxylic acids is 2. The number of rotatable bonds is 5. The predicted molar refractivity (Wildman–Crippen MR) is 98.9 cm³/mol. The molecule has 8 heteroatoms. The third-order valence-corrected chi connectivity index (χ3v) is 4.22. The average molecular weight is 373 g/mol. The van der Waals surface area contributed by atoms with Gasteiger partial charge in [0.15, 0.2) is 11.5 Å². The molecule has 1 heterocycles. The molecule has 0 aliphatic carbocycles. The Morgan fingerprint density at radius 1 is 1.15 bits per heavy atom. The van der Waals surface area contributed by atoms with E-state index in [4.69, 9.17) is 9.47 Å². The summed E-state index contributed by atoms with van der Waals surface area (Å²) < 4.78 is 23.7. The lowest BCUT2D eigenvalue weighted by Gasteiger charge is -2.19. The van der Waals surface area contributed by atoms with Gasteiger partial charge in [0.1, 0.15) is 5.82 Å². The van der Waals surface area contributed by atoms with Gasteiger partial charge in [-0.2, -0.15) is 0 Å². The van der Waals surface area contributed by atoms with Crippen molar-refractivity contribution in [2.75, 3.05) is 31.0 Å². The monoisotopic (exact) mass is 373 g/mol. The van der Waals surface area contributed by atoms with Crippen molar-refractivity contribution >= 4 is 23.3 Å². The Morgan fingerprint density at radius 2 is 1.93 bits per heavy atom. The number of amides is 3. The normalized spacial score (nSPS) is 16.2. The van der Waals surface area contributed by atoms with Gasteiger partial charge in [-0.15, -0.1) is 0 Å². The molecule has 1 aliphatic heterocycles. The third kappa shape index (κ3) is 4.28. The number of urea groups is 1. The number of nitrogens with zero attached hydrogens (tertiary/aromatic N) is 1. The molecule has 2 aromatic rings. The van der Waals surface area contributed by atoms with Crippen LogP contribution < -0.4 is 25.0 Å². The summed E-state index contributed by atoms with van der Waals surface area (Å²) in [5.74, 6) is 0.529. The molecule has 0 aromatic heterocycles. The molecule has 3 rings (SSSR count). The molecule has 3 amide bonds. The molecule has 1 fully saturated rings. The van der Waals surface area contributed by atoms with E-state index >= 15 is 0 Å². The molecule has 0 bridgehead atoms. The van der Waals surface area contributed by atoms with Gasteiger partial charge in [-0.1, -0.05) is 6.07 Å². The van der Waals surface area contributed by atoms with Gasteiger partial charge in [0.2, 0.25) is 5.91 Å². The van der Waals surface area contributed by atoms with Crippen molar-refractivity contribution in [3.8, 4) is 11.5 Å². The van der Waals surface area contributed by atoms with E-state index < -0.39 is 11.8 Å². The molecule has 0 radical (unpaired) electrons. The van der Waals surface area contributed by atoms with Crippen molar-refractivity contribution in [3.63, 3.8) is 0 Å². The van der Waals surface area contributed by atoms with Gasteiger partial charge in [0, 0.05) is 30.4 Å². The molecule has 27 heavy (non-hydrogen) atoms. The van der Waals surface area contributed by atoms with Gasteiger partial charge < -0.3 is 25.0 Å². The van der Waals surface area contributed by atoms with Gasteiger partial charge in [0.05, 0.1) is 20.3 Å². The lowest BCUT2D eigenvalue weighted by molar-refractivity contribution is -0.117. The fourth-order valence-corrected chi connectivity index (χ4v) is 2.97. The van der Waals surface area contributed by atoms with E-state index in [1.165, 1.54) is 32.4 Å². The second-order valence-corrected chi connectivity index (χ2v) is 6.05. The number of carbonyl (C=O) groups is 2.